The van der Waals surface area contributed by atoms with Gasteiger partial charge in [-0.15, -0.1) is 0 Å². The standard InChI is InChI=1S/C14H16N2O3S/c1-10-3-4-12(13(7-10)16(18)19)15-9-14(2,17)11-5-6-20-8-11/h3-8,15,17H,9H2,1-2H3. The Labute approximate surface area is 121 Å². The molecule has 1 aromatic heterocycles. The van der Waals surface area contributed by atoms with Gasteiger partial charge in [-0.25, -0.2) is 0 Å². The van der Waals surface area contributed by atoms with Gasteiger partial charge in [-0.1, -0.05) is 6.07 Å². The normalized spacial score (nSPS) is 13.8. The van der Waals surface area contributed by atoms with Gasteiger partial charge in [0.2, 0.25) is 0 Å². The fourth-order valence-corrected chi connectivity index (χ4v) is 2.67. The number of aryl methyl sites for hydroxylation is 1. The molecule has 1 heterocycles. The van der Waals surface area contributed by atoms with Crippen LogP contribution in [-0.4, -0.2) is 16.6 Å². The second-order valence-electron chi connectivity index (χ2n) is 4.92. The lowest BCUT2D eigenvalue weighted by Gasteiger charge is -2.23. The van der Waals surface area contributed by atoms with Crippen LogP contribution >= 0.6 is 11.3 Å². The Bertz CT molecular complexity index is 609. The zero-order chi connectivity index (χ0) is 14.8. The van der Waals surface area contributed by atoms with Crippen molar-refractivity contribution in [1.82, 2.24) is 0 Å². The van der Waals surface area contributed by atoms with Gasteiger partial charge in [0.1, 0.15) is 11.3 Å². The number of aliphatic hydroxyl groups is 1. The number of benzene rings is 1. The van der Waals surface area contributed by atoms with Crippen molar-refractivity contribution in [3.05, 3.63) is 56.3 Å². The number of nitro groups is 1. The van der Waals surface area contributed by atoms with Crippen LogP contribution in [-0.2, 0) is 5.60 Å². The lowest BCUT2D eigenvalue weighted by molar-refractivity contribution is -0.384. The summed E-state index contributed by atoms with van der Waals surface area (Å²) >= 11 is 1.50. The van der Waals surface area contributed by atoms with Gasteiger partial charge in [-0.3, -0.25) is 10.1 Å². The summed E-state index contributed by atoms with van der Waals surface area (Å²) in [6, 6.07) is 6.82. The summed E-state index contributed by atoms with van der Waals surface area (Å²) in [4.78, 5) is 10.6. The van der Waals surface area contributed by atoms with Crippen LogP contribution in [0, 0.1) is 17.0 Å². The maximum absolute atomic E-state index is 11.0. The van der Waals surface area contributed by atoms with Crippen molar-refractivity contribution in [3.8, 4) is 0 Å². The molecule has 2 aromatic rings. The minimum absolute atomic E-state index is 0.0196. The molecule has 0 saturated carbocycles. The molecule has 6 heteroatoms. The van der Waals surface area contributed by atoms with Crippen LogP contribution in [0.15, 0.2) is 35.0 Å². The van der Waals surface area contributed by atoms with Gasteiger partial charge < -0.3 is 10.4 Å². The molecule has 0 saturated heterocycles. The van der Waals surface area contributed by atoms with E-state index in [-0.39, 0.29) is 12.2 Å². The molecule has 5 nitrogen and oxygen atoms in total. The molecule has 0 radical (unpaired) electrons. The molecule has 0 fully saturated rings. The SMILES string of the molecule is Cc1ccc(NCC(C)(O)c2ccsc2)c([N+](=O)[O-])c1. The molecule has 0 aliphatic carbocycles. The van der Waals surface area contributed by atoms with Crippen molar-refractivity contribution >= 4 is 22.7 Å². The fraction of sp³-hybridized carbons (Fsp3) is 0.286. The van der Waals surface area contributed by atoms with Gasteiger partial charge in [-0.2, -0.15) is 11.3 Å². The van der Waals surface area contributed by atoms with E-state index in [9.17, 15) is 15.2 Å². The summed E-state index contributed by atoms with van der Waals surface area (Å²) in [6.07, 6.45) is 0. The number of nitrogens with zero attached hydrogens (tertiary/aromatic N) is 1. The van der Waals surface area contributed by atoms with Crippen molar-refractivity contribution in [2.24, 2.45) is 0 Å². The highest BCUT2D eigenvalue weighted by Gasteiger charge is 2.24. The van der Waals surface area contributed by atoms with Gasteiger partial charge >= 0.3 is 0 Å². The molecular weight excluding hydrogens is 276 g/mol. The number of anilines is 1. The first-order valence-electron chi connectivity index (χ1n) is 6.14. The number of rotatable bonds is 5. The Kier molecular flexibility index (Phi) is 4.06. The highest BCUT2D eigenvalue weighted by Crippen LogP contribution is 2.28. The smallest absolute Gasteiger partial charge is 0.292 e. The second kappa shape index (κ2) is 5.60. The van der Waals surface area contributed by atoms with Crippen molar-refractivity contribution in [2.45, 2.75) is 19.4 Å². The summed E-state index contributed by atoms with van der Waals surface area (Å²) in [7, 11) is 0. The third-order valence-electron chi connectivity index (χ3n) is 3.12. The number of hydrogen-bond donors (Lipinski definition) is 2. The quantitative estimate of drug-likeness (QED) is 0.655. The average molecular weight is 292 g/mol. The van der Waals surface area contributed by atoms with Crippen molar-refractivity contribution in [3.63, 3.8) is 0 Å². The van der Waals surface area contributed by atoms with Crippen LogP contribution in [0.5, 0.6) is 0 Å². The van der Waals surface area contributed by atoms with Crippen LogP contribution in [0.2, 0.25) is 0 Å². The maximum Gasteiger partial charge on any atom is 0.292 e. The van der Waals surface area contributed by atoms with E-state index < -0.39 is 10.5 Å². The van der Waals surface area contributed by atoms with E-state index in [1.807, 2.05) is 16.8 Å². The van der Waals surface area contributed by atoms with Gasteiger partial charge in [0, 0.05) is 12.6 Å². The number of nitro benzene ring substituents is 1. The average Bonchev–Trinajstić information content (AvgIpc) is 2.91. The zero-order valence-corrected chi connectivity index (χ0v) is 12.1. The molecular formula is C14H16N2O3S. The molecule has 0 aliphatic rings. The molecule has 2 rings (SSSR count). The molecule has 1 unspecified atom stereocenters. The van der Waals surface area contributed by atoms with Gasteiger partial charge in [0.15, 0.2) is 0 Å². The fourth-order valence-electron chi connectivity index (χ4n) is 1.88. The van der Waals surface area contributed by atoms with Crippen LogP contribution < -0.4 is 5.32 Å². The topological polar surface area (TPSA) is 75.4 Å². The molecule has 0 spiro atoms. The van der Waals surface area contributed by atoms with Crippen LogP contribution in [0.3, 0.4) is 0 Å². The Morgan fingerprint density at radius 2 is 2.20 bits per heavy atom. The minimum Gasteiger partial charge on any atom is -0.384 e. The molecule has 0 bridgehead atoms. The summed E-state index contributed by atoms with van der Waals surface area (Å²) < 4.78 is 0. The van der Waals surface area contributed by atoms with Gasteiger partial charge in [0.05, 0.1) is 4.92 Å². The van der Waals surface area contributed by atoms with Gasteiger partial charge in [-0.05, 0) is 47.9 Å². The first kappa shape index (κ1) is 14.5. The minimum atomic E-state index is -1.07. The molecule has 20 heavy (non-hydrogen) atoms. The van der Waals surface area contributed by atoms with E-state index in [0.29, 0.717) is 5.69 Å². The van der Waals surface area contributed by atoms with Gasteiger partial charge in [0.25, 0.3) is 5.69 Å². The third-order valence-corrected chi connectivity index (χ3v) is 3.80. The lowest BCUT2D eigenvalue weighted by atomic mass is 9.99. The molecule has 2 N–H and O–H groups in total. The number of thiophene rings is 1. The lowest BCUT2D eigenvalue weighted by Crippen LogP contribution is -2.30. The molecule has 1 aromatic carbocycles. The van der Waals surface area contributed by atoms with Crippen molar-refractivity contribution in [2.75, 3.05) is 11.9 Å². The van der Waals surface area contributed by atoms with Crippen LogP contribution in [0.25, 0.3) is 0 Å². The Morgan fingerprint density at radius 1 is 1.45 bits per heavy atom. The second-order valence-corrected chi connectivity index (χ2v) is 5.70. The van der Waals surface area contributed by atoms with Crippen LogP contribution in [0.1, 0.15) is 18.1 Å². The zero-order valence-electron chi connectivity index (χ0n) is 11.3. The largest absolute Gasteiger partial charge is 0.384 e. The van der Waals surface area contributed by atoms with E-state index in [1.54, 1.807) is 26.0 Å². The maximum atomic E-state index is 11.0. The first-order valence-corrected chi connectivity index (χ1v) is 7.08. The van der Waals surface area contributed by atoms with Crippen molar-refractivity contribution in [1.29, 1.82) is 0 Å². The number of hydrogen-bond acceptors (Lipinski definition) is 5. The van der Waals surface area contributed by atoms with E-state index >= 15 is 0 Å². The summed E-state index contributed by atoms with van der Waals surface area (Å²) in [5.74, 6) is 0. The van der Waals surface area contributed by atoms with Crippen molar-refractivity contribution < 1.29 is 10.0 Å². The Morgan fingerprint density at radius 3 is 2.80 bits per heavy atom. The summed E-state index contributed by atoms with van der Waals surface area (Å²) in [5, 5.41) is 28.1. The Balaban J connectivity index is 2.17. The monoisotopic (exact) mass is 292 g/mol. The highest BCUT2D eigenvalue weighted by molar-refractivity contribution is 7.08. The molecule has 106 valence electrons. The highest BCUT2D eigenvalue weighted by atomic mass is 32.1. The Hall–Kier alpha value is -1.92. The summed E-state index contributed by atoms with van der Waals surface area (Å²) in [5.41, 5.74) is 0.984. The van der Waals surface area contributed by atoms with Crippen LogP contribution in [0.4, 0.5) is 11.4 Å². The van der Waals surface area contributed by atoms with E-state index in [1.165, 1.54) is 17.4 Å². The van der Waals surface area contributed by atoms with E-state index in [4.69, 9.17) is 0 Å². The number of nitrogens with one attached hydrogen (secondary N) is 1. The first-order chi connectivity index (χ1) is 9.40. The predicted octanol–water partition coefficient (Wildman–Crippen LogP) is 3.28. The summed E-state index contributed by atoms with van der Waals surface area (Å²) in [6.45, 7) is 3.69. The third kappa shape index (κ3) is 3.15. The van der Waals surface area contributed by atoms with E-state index in [0.717, 1.165) is 11.1 Å². The molecule has 0 aliphatic heterocycles. The molecule has 1 atom stereocenters. The predicted molar refractivity (Wildman–Crippen MR) is 80.2 cm³/mol. The molecule has 0 amide bonds. The van der Waals surface area contributed by atoms with E-state index in [2.05, 4.69) is 5.32 Å².